The van der Waals surface area contributed by atoms with Crippen LogP contribution < -0.4 is 0 Å². The second-order valence-corrected chi connectivity index (χ2v) is 5.76. The topological polar surface area (TPSA) is 72.1 Å². The van der Waals surface area contributed by atoms with E-state index < -0.39 is 0 Å². The van der Waals surface area contributed by atoms with E-state index in [9.17, 15) is 4.79 Å². The molecular formula is C16H20N4O2. The summed E-state index contributed by atoms with van der Waals surface area (Å²) in [6.07, 6.45) is 7.48. The molecule has 2 aromatic heterocycles. The van der Waals surface area contributed by atoms with Crippen LogP contribution in [-0.4, -0.2) is 39.0 Å². The van der Waals surface area contributed by atoms with Crippen LogP contribution in [0, 0.1) is 13.8 Å². The van der Waals surface area contributed by atoms with Crippen molar-refractivity contribution < 1.29 is 9.32 Å². The fourth-order valence-electron chi connectivity index (χ4n) is 2.96. The van der Waals surface area contributed by atoms with Crippen LogP contribution in [0.4, 0.5) is 0 Å². The fourth-order valence-corrected chi connectivity index (χ4v) is 2.96. The summed E-state index contributed by atoms with van der Waals surface area (Å²) in [6.45, 7) is 5.26. The minimum atomic E-state index is 0.145. The second kappa shape index (κ2) is 6.25. The van der Waals surface area contributed by atoms with E-state index in [4.69, 9.17) is 4.52 Å². The van der Waals surface area contributed by atoms with Gasteiger partial charge in [-0.25, -0.2) is 0 Å². The van der Waals surface area contributed by atoms with E-state index in [2.05, 4.69) is 15.1 Å². The van der Waals surface area contributed by atoms with E-state index in [1.807, 2.05) is 24.9 Å². The Kier molecular flexibility index (Phi) is 4.18. The van der Waals surface area contributed by atoms with Gasteiger partial charge in [0.2, 0.25) is 5.91 Å². The lowest BCUT2D eigenvalue weighted by Gasteiger charge is -2.31. The first-order valence-electron chi connectivity index (χ1n) is 7.60. The molecule has 1 aliphatic heterocycles. The number of piperidine rings is 1. The van der Waals surface area contributed by atoms with Gasteiger partial charge in [0.05, 0.1) is 17.8 Å². The maximum Gasteiger partial charge on any atom is 0.227 e. The first-order chi connectivity index (χ1) is 10.6. The molecule has 1 aliphatic rings. The number of rotatable bonds is 3. The van der Waals surface area contributed by atoms with E-state index >= 15 is 0 Å². The van der Waals surface area contributed by atoms with Crippen LogP contribution in [-0.2, 0) is 11.2 Å². The summed E-state index contributed by atoms with van der Waals surface area (Å²) in [5, 5.41) is 3.91. The molecule has 6 nitrogen and oxygen atoms in total. The van der Waals surface area contributed by atoms with Gasteiger partial charge in [-0.05, 0) is 26.7 Å². The minimum Gasteiger partial charge on any atom is -0.361 e. The smallest absolute Gasteiger partial charge is 0.227 e. The van der Waals surface area contributed by atoms with Crippen LogP contribution in [0.2, 0.25) is 0 Å². The third-order valence-electron chi connectivity index (χ3n) is 4.36. The number of hydrogen-bond acceptors (Lipinski definition) is 5. The molecule has 116 valence electrons. The van der Waals surface area contributed by atoms with Crippen molar-refractivity contribution in [3.05, 3.63) is 41.3 Å². The molecule has 1 saturated heterocycles. The largest absolute Gasteiger partial charge is 0.361 e. The zero-order valence-electron chi connectivity index (χ0n) is 13.0. The van der Waals surface area contributed by atoms with Crippen LogP contribution in [0.15, 0.2) is 23.1 Å². The Labute approximate surface area is 129 Å². The van der Waals surface area contributed by atoms with Gasteiger partial charge in [-0.3, -0.25) is 14.8 Å². The van der Waals surface area contributed by atoms with E-state index in [-0.39, 0.29) is 5.91 Å². The third-order valence-corrected chi connectivity index (χ3v) is 4.36. The molecule has 0 spiro atoms. The zero-order valence-corrected chi connectivity index (χ0v) is 13.0. The van der Waals surface area contributed by atoms with E-state index in [1.54, 1.807) is 12.4 Å². The molecule has 2 aromatic rings. The number of likely N-dealkylation sites (tertiary alicyclic amines) is 1. The number of amides is 1. The summed E-state index contributed by atoms with van der Waals surface area (Å²) in [7, 11) is 0. The minimum absolute atomic E-state index is 0.145. The van der Waals surface area contributed by atoms with Gasteiger partial charge in [-0.1, -0.05) is 5.16 Å². The van der Waals surface area contributed by atoms with Gasteiger partial charge in [0.25, 0.3) is 0 Å². The summed E-state index contributed by atoms with van der Waals surface area (Å²) in [5.74, 6) is 1.28. The van der Waals surface area contributed by atoms with Crippen molar-refractivity contribution >= 4 is 5.91 Å². The Bertz CT molecular complexity index is 626. The highest BCUT2D eigenvalue weighted by molar-refractivity contribution is 5.79. The highest BCUT2D eigenvalue weighted by Gasteiger charge is 2.25. The van der Waals surface area contributed by atoms with Gasteiger partial charge in [0, 0.05) is 43.2 Å². The van der Waals surface area contributed by atoms with E-state index in [0.29, 0.717) is 12.3 Å². The summed E-state index contributed by atoms with van der Waals surface area (Å²) in [4.78, 5) is 22.9. The maximum absolute atomic E-state index is 12.4. The normalized spacial score (nSPS) is 16.0. The molecule has 3 heterocycles. The SMILES string of the molecule is Cc1noc(C)c1CC(=O)N1CCC(c2cnccn2)CC1. The van der Waals surface area contributed by atoms with Crippen molar-refractivity contribution in [2.45, 2.75) is 39.0 Å². The van der Waals surface area contributed by atoms with Crippen LogP contribution in [0.1, 0.15) is 41.5 Å². The Morgan fingerprint density at radius 1 is 1.32 bits per heavy atom. The van der Waals surface area contributed by atoms with Crippen LogP contribution >= 0.6 is 0 Å². The fraction of sp³-hybridized carbons (Fsp3) is 0.500. The monoisotopic (exact) mass is 300 g/mol. The molecule has 6 heteroatoms. The number of hydrogen-bond donors (Lipinski definition) is 0. The highest BCUT2D eigenvalue weighted by Crippen LogP contribution is 2.26. The van der Waals surface area contributed by atoms with E-state index in [1.165, 1.54) is 0 Å². The number of aryl methyl sites for hydroxylation is 2. The molecule has 0 saturated carbocycles. The lowest BCUT2D eigenvalue weighted by Crippen LogP contribution is -2.39. The van der Waals surface area contributed by atoms with Crippen molar-refractivity contribution in [1.82, 2.24) is 20.0 Å². The maximum atomic E-state index is 12.4. The standard InChI is InChI=1S/C16H20N4O2/c1-11-14(12(2)22-19-11)9-16(21)20-7-3-13(4-8-20)15-10-17-5-6-18-15/h5-6,10,13H,3-4,7-9H2,1-2H3. The van der Waals surface area contributed by atoms with Crippen molar-refractivity contribution in [3.8, 4) is 0 Å². The van der Waals surface area contributed by atoms with Crippen LogP contribution in [0.3, 0.4) is 0 Å². The van der Waals surface area contributed by atoms with Gasteiger partial charge in [0.1, 0.15) is 5.76 Å². The van der Waals surface area contributed by atoms with Gasteiger partial charge >= 0.3 is 0 Å². The molecule has 0 bridgehead atoms. The average Bonchev–Trinajstić information content (AvgIpc) is 2.88. The molecule has 0 atom stereocenters. The number of nitrogens with zero attached hydrogens (tertiary/aromatic N) is 4. The average molecular weight is 300 g/mol. The second-order valence-electron chi connectivity index (χ2n) is 5.76. The molecule has 0 N–H and O–H groups in total. The summed E-state index contributed by atoms with van der Waals surface area (Å²) < 4.78 is 5.12. The number of carbonyl (C=O) groups excluding carboxylic acids is 1. The third kappa shape index (κ3) is 3.00. The van der Waals surface area contributed by atoms with Crippen molar-refractivity contribution in [1.29, 1.82) is 0 Å². The predicted molar refractivity (Wildman–Crippen MR) is 80.3 cm³/mol. The molecule has 3 rings (SSSR count). The first-order valence-corrected chi connectivity index (χ1v) is 7.60. The molecule has 0 aromatic carbocycles. The van der Waals surface area contributed by atoms with Crippen molar-refractivity contribution in [3.63, 3.8) is 0 Å². The molecule has 1 fully saturated rings. The molecule has 1 amide bonds. The summed E-state index contributed by atoms with van der Waals surface area (Å²) in [6, 6.07) is 0. The van der Waals surface area contributed by atoms with Gasteiger partial charge < -0.3 is 9.42 Å². The first kappa shape index (κ1) is 14.7. The Morgan fingerprint density at radius 3 is 2.68 bits per heavy atom. The number of aromatic nitrogens is 3. The molecule has 0 aliphatic carbocycles. The Hall–Kier alpha value is -2.24. The van der Waals surface area contributed by atoms with Crippen LogP contribution in [0.5, 0.6) is 0 Å². The van der Waals surface area contributed by atoms with Crippen molar-refractivity contribution in [2.24, 2.45) is 0 Å². The van der Waals surface area contributed by atoms with Gasteiger partial charge in [0.15, 0.2) is 0 Å². The lowest BCUT2D eigenvalue weighted by atomic mass is 9.93. The number of carbonyl (C=O) groups is 1. The lowest BCUT2D eigenvalue weighted by molar-refractivity contribution is -0.131. The van der Waals surface area contributed by atoms with Crippen molar-refractivity contribution in [2.75, 3.05) is 13.1 Å². The van der Waals surface area contributed by atoms with E-state index in [0.717, 1.165) is 48.6 Å². The Morgan fingerprint density at radius 2 is 2.09 bits per heavy atom. The quantitative estimate of drug-likeness (QED) is 0.867. The molecule has 22 heavy (non-hydrogen) atoms. The molecule has 0 radical (unpaired) electrons. The predicted octanol–water partition coefficient (Wildman–Crippen LogP) is 2.03. The molecular weight excluding hydrogens is 280 g/mol. The van der Waals surface area contributed by atoms with Gasteiger partial charge in [-0.2, -0.15) is 0 Å². The highest BCUT2D eigenvalue weighted by atomic mass is 16.5. The summed E-state index contributed by atoms with van der Waals surface area (Å²) >= 11 is 0. The zero-order chi connectivity index (χ0) is 15.5. The summed E-state index contributed by atoms with van der Waals surface area (Å²) in [5.41, 5.74) is 2.75. The molecule has 0 unspecified atom stereocenters. The van der Waals surface area contributed by atoms with Gasteiger partial charge in [-0.15, -0.1) is 0 Å². The van der Waals surface area contributed by atoms with Crippen LogP contribution in [0.25, 0.3) is 0 Å². The Balaban J connectivity index is 1.58.